The molecule has 1 fully saturated rings. The fraction of sp³-hybridized carbons (Fsp3) is 0.500. The average molecular weight is 356 g/mol. The molecule has 0 aromatic carbocycles. The third-order valence-electron chi connectivity index (χ3n) is 4.13. The van der Waals surface area contributed by atoms with E-state index in [1.54, 1.807) is 11.3 Å². The van der Waals surface area contributed by atoms with E-state index in [-0.39, 0.29) is 0 Å². The van der Waals surface area contributed by atoms with Crippen molar-refractivity contribution < 1.29 is 13.2 Å². The second kappa shape index (κ2) is 7.06. The molecule has 2 aromatic heterocycles. The zero-order valence-corrected chi connectivity index (χ0v) is 14.1. The maximum atomic E-state index is 12.6. The van der Waals surface area contributed by atoms with Crippen LogP contribution < -0.4 is 10.2 Å². The zero-order chi connectivity index (χ0) is 17.2. The minimum absolute atomic E-state index is 0.415. The van der Waals surface area contributed by atoms with Crippen molar-refractivity contribution in [1.29, 1.82) is 0 Å². The number of piperidine rings is 1. The Labute approximate surface area is 142 Å². The topological polar surface area (TPSA) is 41.1 Å². The normalized spacial score (nSPS) is 16.6. The van der Waals surface area contributed by atoms with Crippen LogP contribution in [0.3, 0.4) is 0 Å². The Hall–Kier alpha value is -1.67. The summed E-state index contributed by atoms with van der Waals surface area (Å²) in [4.78, 5) is 11.5. The number of rotatable bonds is 4. The summed E-state index contributed by atoms with van der Waals surface area (Å²) in [5, 5.41) is 4.59. The van der Waals surface area contributed by atoms with Crippen molar-refractivity contribution in [3.05, 3.63) is 40.0 Å². The number of anilines is 1. The van der Waals surface area contributed by atoms with Crippen LogP contribution in [0.4, 0.5) is 19.0 Å². The molecule has 0 unspecified atom stereocenters. The van der Waals surface area contributed by atoms with Gasteiger partial charge in [-0.1, -0.05) is 0 Å². The average Bonchev–Trinajstić information content (AvgIpc) is 2.98. The molecule has 1 aliphatic rings. The molecule has 1 N–H and O–H groups in total. The summed E-state index contributed by atoms with van der Waals surface area (Å²) in [7, 11) is 0. The molecule has 3 rings (SSSR count). The highest BCUT2D eigenvalue weighted by Gasteiger charge is 2.31. The van der Waals surface area contributed by atoms with Crippen molar-refractivity contribution in [3.63, 3.8) is 0 Å². The number of thiazole rings is 1. The van der Waals surface area contributed by atoms with E-state index < -0.39 is 11.7 Å². The summed E-state index contributed by atoms with van der Waals surface area (Å²) in [6.07, 6.45) is 0.360. The summed E-state index contributed by atoms with van der Waals surface area (Å²) in [6.45, 7) is 4.38. The number of halogens is 3. The van der Waals surface area contributed by atoms with Crippen LogP contribution in [0.15, 0.2) is 24.5 Å². The van der Waals surface area contributed by atoms with Crippen molar-refractivity contribution in [2.24, 2.45) is 0 Å². The second-order valence-electron chi connectivity index (χ2n) is 5.89. The Morgan fingerprint density at radius 3 is 2.50 bits per heavy atom. The van der Waals surface area contributed by atoms with E-state index in [9.17, 15) is 13.2 Å². The maximum absolute atomic E-state index is 12.6. The van der Waals surface area contributed by atoms with Crippen LogP contribution in [-0.2, 0) is 12.7 Å². The first-order chi connectivity index (χ1) is 11.4. The van der Waals surface area contributed by atoms with Gasteiger partial charge in [-0.3, -0.25) is 0 Å². The van der Waals surface area contributed by atoms with Gasteiger partial charge in [0.1, 0.15) is 5.82 Å². The first-order valence-corrected chi connectivity index (χ1v) is 8.66. The molecule has 0 aliphatic carbocycles. The minimum Gasteiger partial charge on any atom is -0.357 e. The Balaban J connectivity index is 1.49. The van der Waals surface area contributed by atoms with E-state index in [2.05, 4.69) is 15.3 Å². The summed E-state index contributed by atoms with van der Waals surface area (Å²) in [6, 6.07) is 2.97. The standard InChI is InChI=1S/C16H19F3N4S/c1-11-20-9-14(24-11)10-21-13-4-6-23(7-5-13)15-3-2-12(8-22-15)16(17,18)19/h2-3,8-9,13,21H,4-7,10H2,1H3. The van der Waals surface area contributed by atoms with Gasteiger partial charge in [0.15, 0.2) is 0 Å². The van der Waals surface area contributed by atoms with Gasteiger partial charge in [-0.2, -0.15) is 13.2 Å². The van der Waals surface area contributed by atoms with E-state index in [0.717, 1.165) is 49.7 Å². The van der Waals surface area contributed by atoms with Gasteiger partial charge in [0.25, 0.3) is 0 Å². The highest BCUT2D eigenvalue weighted by atomic mass is 32.1. The Bertz CT molecular complexity index is 661. The van der Waals surface area contributed by atoms with Gasteiger partial charge >= 0.3 is 6.18 Å². The van der Waals surface area contributed by atoms with Crippen LogP contribution in [0.1, 0.15) is 28.3 Å². The van der Waals surface area contributed by atoms with Gasteiger partial charge in [-0.25, -0.2) is 9.97 Å². The molecule has 0 spiro atoms. The van der Waals surface area contributed by atoms with Gasteiger partial charge in [0.2, 0.25) is 0 Å². The number of hydrogen-bond donors (Lipinski definition) is 1. The molecule has 24 heavy (non-hydrogen) atoms. The van der Waals surface area contributed by atoms with E-state index in [1.165, 1.54) is 10.9 Å². The third kappa shape index (κ3) is 4.24. The van der Waals surface area contributed by atoms with Gasteiger partial charge in [0.05, 0.1) is 10.6 Å². The number of aromatic nitrogens is 2. The first-order valence-electron chi connectivity index (χ1n) is 7.85. The molecule has 4 nitrogen and oxygen atoms in total. The van der Waals surface area contributed by atoms with Crippen LogP contribution in [0, 0.1) is 6.92 Å². The Morgan fingerprint density at radius 1 is 1.21 bits per heavy atom. The highest BCUT2D eigenvalue weighted by molar-refractivity contribution is 7.11. The van der Waals surface area contributed by atoms with Crippen molar-refractivity contribution >= 4 is 17.2 Å². The monoisotopic (exact) mass is 356 g/mol. The Kier molecular flexibility index (Phi) is 5.05. The second-order valence-corrected chi connectivity index (χ2v) is 7.21. The molecule has 0 atom stereocenters. The molecule has 0 radical (unpaired) electrons. The lowest BCUT2D eigenvalue weighted by molar-refractivity contribution is -0.137. The number of nitrogens with one attached hydrogen (secondary N) is 1. The number of hydrogen-bond acceptors (Lipinski definition) is 5. The molecule has 8 heteroatoms. The summed E-state index contributed by atoms with van der Waals surface area (Å²) < 4.78 is 37.7. The molecular weight excluding hydrogens is 337 g/mol. The lowest BCUT2D eigenvalue weighted by Gasteiger charge is -2.33. The van der Waals surface area contributed by atoms with Gasteiger partial charge in [-0.15, -0.1) is 11.3 Å². The fourth-order valence-electron chi connectivity index (χ4n) is 2.79. The SMILES string of the molecule is Cc1ncc(CNC2CCN(c3ccc(C(F)(F)F)cn3)CC2)s1. The van der Waals surface area contributed by atoms with Crippen LogP contribution in [0.25, 0.3) is 0 Å². The predicted octanol–water partition coefficient (Wildman–Crippen LogP) is 3.62. The van der Waals surface area contributed by atoms with Gasteiger partial charge in [-0.05, 0) is 31.9 Å². The van der Waals surface area contributed by atoms with Crippen molar-refractivity contribution in [1.82, 2.24) is 15.3 Å². The van der Waals surface area contributed by atoms with Crippen LogP contribution >= 0.6 is 11.3 Å². The van der Waals surface area contributed by atoms with Crippen molar-refractivity contribution in [2.75, 3.05) is 18.0 Å². The number of aryl methyl sites for hydroxylation is 1. The summed E-state index contributed by atoms with van der Waals surface area (Å²) in [5.74, 6) is 0.611. The van der Waals surface area contributed by atoms with Crippen LogP contribution in [0.5, 0.6) is 0 Å². The lowest BCUT2D eigenvalue weighted by atomic mass is 10.0. The molecule has 2 aromatic rings. The maximum Gasteiger partial charge on any atom is 0.417 e. The molecule has 0 amide bonds. The summed E-state index contributed by atoms with van der Waals surface area (Å²) >= 11 is 1.69. The quantitative estimate of drug-likeness (QED) is 0.908. The molecular formula is C16H19F3N4S. The van der Waals surface area contributed by atoms with Crippen molar-refractivity contribution in [3.8, 4) is 0 Å². The number of nitrogens with zero attached hydrogens (tertiary/aromatic N) is 3. The Morgan fingerprint density at radius 2 is 1.96 bits per heavy atom. The van der Waals surface area contributed by atoms with Crippen LogP contribution in [-0.4, -0.2) is 29.1 Å². The first kappa shape index (κ1) is 17.2. The van der Waals surface area contributed by atoms with Gasteiger partial charge in [0, 0.05) is 42.9 Å². The van der Waals surface area contributed by atoms with Crippen molar-refractivity contribution in [2.45, 2.75) is 38.5 Å². The predicted molar refractivity (Wildman–Crippen MR) is 88.2 cm³/mol. The van der Waals surface area contributed by atoms with E-state index >= 15 is 0 Å². The van der Waals surface area contributed by atoms with E-state index in [1.807, 2.05) is 18.0 Å². The minimum atomic E-state index is -4.34. The van der Waals surface area contributed by atoms with E-state index in [4.69, 9.17) is 0 Å². The largest absolute Gasteiger partial charge is 0.417 e. The zero-order valence-electron chi connectivity index (χ0n) is 13.3. The summed E-state index contributed by atoms with van der Waals surface area (Å²) in [5.41, 5.74) is -0.706. The smallest absolute Gasteiger partial charge is 0.357 e. The van der Waals surface area contributed by atoms with Crippen LogP contribution in [0.2, 0.25) is 0 Å². The highest BCUT2D eigenvalue weighted by Crippen LogP contribution is 2.29. The van der Waals surface area contributed by atoms with Gasteiger partial charge < -0.3 is 10.2 Å². The molecule has 0 saturated carbocycles. The molecule has 1 aliphatic heterocycles. The third-order valence-corrected chi connectivity index (χ3v) is 5.04. The molecule has 3 heterocycles. The molecule has 0 bridgehead atoms. The lowest BCUT2D eigenvalue weighted by Crippen LogP contribution is -2.42. The number of pyridine rings is 1. The molecule has 1 saturated heterocycles. The molecule has 130 valence electrons. The van der Waals surface area contributed by atoms with E-state index in [0.29, 0.717) is 11.9 Å². The fourth-order valence-corrected chi connectivity index (χ4v) is 3.53. The number of alkyl halides is 3.